The third-order valence-corrected chi connectivity index (χ3v) is 4.21. The van der Waals surface area contributed by atoms with E-state index in [2.05, 4.69) is 19.9 Å². The second-order valence-electron chi connectivity index (χ2n) is 4.48. The van der Waals surface area contributed by atoms with Crippen LogP contribution in [0.2, 0.25) is 0 Å². The molecule has 3 rings (SSSR count). The maximum Gasteiger partial charge on any atom is 0.316 e. The van der Waals surface area contributed by atoms with Gasteiger partial charge in [-0.05, 0) is 6.07 Å². The Morgan fingerprint density at radius 2 is 2.19 bits per heavy atom. The van der Waals surface area contributed by atoms with E-state index in [-0.39, 0.29) is 11.7 Å². The summed E-state index contributed by atoms with van der Waals surface area (Å²) in [6, 6.07) is 8.03. The molecule has 0 unspecified atom stereocenters. The standard InChI is InChI=1S/C14H14N4O2S/c1-18-13(16-17-14(18)21-8-12(19)20-2)10-7-15-11-6-4-3-5-9(10)11/h3-7,15H,8H2,1-2H3. The van der Waals surface area contributed by atoms with Crippen molar-refractivity contribution >= 4 is 28.6 Å². The van der Waals surface area contributed by atoms with Crippen LogP contribution in [0.25, 0.3) is 22.3 Å². The summed E-state index contributed by atoms with van der Waals surface area (Å²) in [6.45, 7) is 0. The summed E-state index contributed by atoms with van der Waals surface area (Å²) in [5.41, 5.74) is 2.05. The van der Waals surface area contributed by atoms with Crippen LogP contribution < -0.4 is 0 Å². The van der Waals surface area contributed by atoms with Gasteiger partial charge in [0.15, 0.2) is 11.0 Å². The Hall–Kier alpha value is -2.28. The van der Waals surface area contributed by atoms with Crippen LogP contribution in [0.15, 0.2) is 35.6 Å². The predicted molar refractivity (Wildman–Crippen MR) is 81.0 cm³/mol. The number of ether oxygens (including phenoxy) is 1. The van der Waals surface area contributed by atoms with Gasteiger partial charge in [-0.3, -0.25) is 4.79 Å². The molecule has 0 bridgehead atoms. The number of fused-ring (bicyclic) bond motifs is 1. The van der Waals surface area contributed by atoms with Gasteiger partial charge < -0.3 is 14.3 Å². The molecule has 0 saturated carbocycles. The molecule has 1 aromatic carbocycles. The highest BCUT2D eigenvalue weighted by atomic mass is 32.2. The summed E-state index contributed by atoms with van der Waals surface area (Å²) in [5.74, 6) is 0.701. The van der Waals surface area contributed by atoms with Crippen LogP contribution in [-0.4, -0.2) is 38.6 Å². The Kier molecular flexibility index (Phi) is 3.66. The number of aromatic amines is 1. The number of carbonyl (C=O) groups is 1. The molecule has 0 amide bonds. The molecule has 0 aliphatic heterocycles. The van der Waals surface area contributed by atoms with Crippen molar-refractivity contribution in [2.75, 3.05) is 12.9 Å². The summed E-state index contributed by atoms with van der Waals surface area (Å²) < 4.78 is 6.50. The number of benzene rings is 1. The number of H-pyrrole nitrogens is 1. The first-order valence-electron chi connectivity index (χ1n) is 6.36. The Labute approximate surface area is 125 Å². The Morgan fingerprint density at radius 3 is 3.00 bits per heavy atom. The molecule has 0 saturated heterocycles. The highest BCUT2D eigenvalue weighted by Crippen LogP contribution is 2.28. The van der Waals surface area contributed by atoms with Gasteiger partial charge in [-0.15, -0.1) is 10.2 Å². The molecule has 0 aliphatic rings. The van der Waals surface area contributed by atoms with Gasteiger partial charge in [0.2, 0.25) is 0 Å². The van der Waals surface area contributed by atoms with Crippen molar-refractivity contribution in [1.29, 1.82) is 0 Å². The van der Waals surface area contributed by atoms with E-state index in [1.165, 1.54) is 18.9 Å². The third kappa shape index (κ3) is 2.52. The van der Waals surface area contributed by atoms with Gasteiger partial charge in [0, 0.05) is 29.7 Å². The first-order valence-corrected chi connectivity index (χ1v) is 7.34. The SMILES string of the molecule is COC(=O)CSc1nnc(-c2c[nH]c3ccccc23)n1C. The van der Waals surface area contributed by atoms with Gasteiger partial charge in [0.1, 0.15) is 0 Å². The zero-order valence-corrected chi connectivity index (χ0v) is 12.5. The highest BCUT2D eigenvalue weighted by Gasteiger charge is 2.15. The lowest BCUT2D eigenvalue weighted by Crippen LogP contribution is -2.04. The van der Waals surface area contributed by atoms with Crippen molar-refractivity contribution in [2.24, 2.45) is 7.05 Å². The van der Waals surface area contributed by atoms with Crippen molar-refractivity contribution in [2.45, 2.75) is 5.16 Å². The first kappa shape index (κ1) is 13.7. The summed E-state index contributed by atoms with van der Waals surface area (Å²) >= 11 is 1.31. The summed E-state index contributed by atoms with van der Waals surface area (Å²) in [6.07, 6.45) is 1.92. The molecule has 0 aliphatic carbocycles. The predicted octanol–water partition coefficient (Wildman–Crippen LogP) is 2.23. The zero-order valence-electron chi connectivity index (χ0n) is 11.7. The molecule has 2 heterocycles. The van der Waals surface area contributed by atoms with Crippen LogP contribution in [0, 0.1) is 0 Å². The van der Waals surface area contributed by atoms with E-state index < -0.39 is 0 Å². The third-order valence-electron chi connectivity index (χ3n) is 3.21. The fourth-order valence-electron chi connectivity index (χ4n) is 2.11. The van der Waals surface area contributed by atoms with E-state index in [9.17, 15) is 4.79 Å². The highest BCUT2D eigenvalue weighted by molar-refractivity contribution is 7.99. The summed E-state index contributed by atoms with van der Waals surface area (Å²) in [4.78, 5) is 14.4. The van der Waals surface area contributed by atoms with Crippen LogP contribution in [0.3, 0.4) is 0 Å². The van der Waals surface area contributed by atoms with Gasteiger partial charge in [0.05, 0.1) is 12.9 Å². The molecule has 21 heavy (non-hydrogen) atoms. The minimum atomic E-state index is -0.281. The van der Waals surface area contributed by atoms with E-state index >= 15 is 0 Å². The fourth-order valence-corrected chi connectivity index (χ4v) is 2.86. The van der Waals surface area contributed by atoms with Gasteiger partial charge in [-0.1, -0.05) is 30.0 Å². The molecule has 7 heteroatoms. The molecule has 2 aromatic heterocycles. The molecule has 1 N–H and O–H groups in total. The van der Waals surface area contributed by atoms with Crippen LogP contribution in [0.4, 0.5) is 0 Å². The number of esters is 1. The van der Waals surface area contributed by atoms with Crippen molar-refractivity contribution in [3.63, 3.8) is 0 Å². The minimum Gasteiger partial charge on any atom is -0.468 e. The second-order valence-corrected chi connectivity index (χ2v) is 5.42. The molecular formula is C14H14N4O2S. The van der Waals surface area contributed by atoms with Crippen molar-refractivity contribution in [3.8, 4) is 11.4 Å². The Balaban J connectivity index is 1.93. The molecule has 6 nitrogen and oxygen atoms in total. The maximum atomic E-state index is 11.2. The molecule has 0 radical (unpaired) electrons. The Bertz CT molecular complexity index is 793. The number of para-hydroxylation sites is 1. The topological polar surface area (TPSA) is 72.8 Å². The van der Waals surface area contributed by atoms with E-state index in [0.29, 0.717) is 5.16 Å². The Morgan fingerprint density at radius 1 is 1.38 bits per heavy atom. The lowest BCUT2D eigenvalue weighted by Gasteiger charge is -2.02. The largest absolute Gasteiger partial charge is 0.468 e. The van der Waals surface area contributed by atoms with E-state index in [4.69, 9.17) is 0 Å². The summed E-state index contributed by atoms with van der Waals surface area (Å²) in [5, 5.41) is 10.1. The number of hydrogen-bond donors (Lipinski definition) is 1. The van der Waals surface area contributed by atoms with Crippen molar-refractivity contribution in [3.05, 3.63) is 30.5 Å². The summed E-state index contributed by atoms with van der Waals surface area (Å²) in [7, 11) is 3.26. The normalized spacial score (nSPS) is 11.0. The van der Waals surface area contributed by atoms with Gasteiger partial charge in [0.25, 0.3) is 0 Å². The second kappa shape index (κ2) is 5.61. The molecule has 0 fully saturated rings. The number of carbonyl (C=O) groups excluding carboxylic acids is 1. The maximum absolute atomic E-state index is 11.2. The van der Waals surface area contributed by atoms with E-state index in [1.54, 1.807) is 0 Å². The quantitative estimate of drug-likeness (QED) is 0.591. The lowest BCUT2D eigenvalue weighted by atomic mass is 10.1. The molecule has 0 spiro atoms. The van der Waals surface area contributed by atoms with Crippen molar-refractivity contribution in [1.82, 2.24) is 19.7 Å². The minimum absolute atomic E-state index is 0.219. The average molecular weight is 302 g/mol. The van der Waals surface area contributed by atoms with E-state index in [1.807, 2.05) is 42.1 Å². The number of thioether (sulfide) groups is 1. The lowest BCUT2D eigenvalue weighted by molar-refractivity contribution is -0.137. The monoisotopic (exact) mass is 302 g/mol. The molecule has 108 valence electrons. The smallest absolute Gasteiger partial charge is 0.316 e. The number of rotatable bonds is 4. The molecule has 3 aromatic rings. The van der Waals surface area contributed by atoms with Gasteiger partial charge in [-0.2, -0.15) is 0 Å². The van der Waals surface area contributed by atoms with Gasteiger partial charge >= 0.3 is 5.97 Å². The number of nitrogens with zero attached hydrogens (tertiary/aromatic N) is 3. The first-order chi connectivity index (χ1) is 10.2. The number of aromatic nitrogens is 4. The van der Waals surface area contributed by atoms with Crippen molar-refractivity contribution < 1.29 is 9.53 Å². The van der Waals surface area contributed by atoms with Crippen LogP contribution in [0.5, 0.6) is 0 Å². The van der Waals surface area contributed by atoms with Crippen LogP contribution in [0.1, 0.15) is 0 Å². The van der Waals surface area contributed by atoms with Gasteiger partial charge in [-0.25, -0.2) is 0 Å². The number of methoxy groups -OCH3 is 1. The molecule has 0 atom stereocenters. The zero-order chi connectivity index (χ0) is 14.8. The number of hydrogen-bond acceptors (Lipinski definition) is 5. The average Bonchev–Trinajstić information content (AvgIpc) is 3.08. The number of nitrogens with one attached hydrogen (secondary N) is 1. The fraction of sp³-hybridized carbons (Fsp3) is 0.214. The molecular weight excluding hydrogens is 288 g/mol. The van der Waals surface area contributed by atoms with Crippen LogP contribution >= 0.6 is 11.8 Å². The van der Waals surface area contributed by atoms with Crippen LogP contribution in [-0.2, 0) is 16.6 Å². The van der Waals surface area contributed by atoms with E-state index in [0.717, 1.165) is 22.3 Å².